The van der Waals surface area contributed by atoms with Crippen molar-refractivity contribution in [3.05, 3.63) is 35.7 Å². The molecule has 0 aliphatic heterocycles. The van der Waals surface area contributed by atoms with Crippen molar-refractivity contribution in [1.82, 2.24) is 19.7 Å². The number of carbonyl (C=O) groups excluding carboxylic acids is 2. The normalized spacial score (nSPS) is 10.3. The predicted molar refractivity (Wildman–Crippen MR) is 95.4 cm³/mol. The average Bonchev–Trinajstić information content (AvgIpc) is 2.59. The third-order valence-corrected chi connectivity index (χ3v) is 4.33. The fourth-order valence-corrected chi connectivity index (χ4v) is 2.99. The number of urea groups is 1. The summed E-state index contributed by atoms with van der Waals surface area (Å²) in [7, 11) is -1.92. The first-order valence-corrected chi connectivity index (χ1v) is 8.53. The van der Waals surface area contributed by atoms with Crippen LogP contribution in [0.3, 0.4) is 0 Å². The summed E-state index contributed by atoms with van der Waals surface area (Å²) >= 11 is 0. The summed E-state index contributed by atoms with van der Waals surface area (Å²) in [6, 6.07) is 4.12. The van der Waals surface area contributed by atoms with E-state index >= 15 is 0 Å². The molecule has 0 radical (unpaired) electrons. The zero-order chi connectivity index (χ0) is 19.3. The van der Waals surface area contributed by atoms with Crippen molar-refractivity contribution in [2.24, 2.45) is 0 Å². The molecule has 0 aliphatic carbocycles. The second-order valence-corrected chi connectivity index (χ2v) is 6.39. The Bertz CT molecular complexity index is 953. The Kier molecular flexibility index (Phi) is 8.09. The standard InChI is InChI=1S/C14H15N5O6S.Na.H/c1-8-15-12(18-14(16-8)25-3)17-13(21)19-26(22,23)10-7-5-4-6-9(10)11(20)24-2;;/h4-7H,1-3H3,(H2,15,16,17,18,19,21);;. The third-order valence-electron chi connectivity index (χ3n) is 2.94. The number of rotatable bonds is 5. The van der Waals surface area contributed by atoms with E-state index in [0.717, 1.165) is 13.2 Å². The molecule has 0 unspecified atom stereocenters. The quantitative estimate of drug-likeness (QED) is 0.511. The van der Waals surface area contributed by atoms with E-state index in [4.69, 9.17) is 4.74 Å². The number of sulfonamides is 1. The molecule has 2 amide bonds. The molecule has 2 rings (SSSR count). The Hall–Kier alpha value is -2.28. The Morgan fingerprint density at radius 1 is 1.07 bits per heavy atom. The number of hydrogen-bond acceptors (Lipinski definition) is 9. The molecule has 0 aliphatic rings. The van der Waals surface area contributed by atoms with Crippen LogP contribution in [-0.4, -0.2) is 79.1 Å². The van der Waals surface area contributed by atoms with E-state index in [1.165, 1.54) is 32.2 Å². The number of carbonyl (C=O) groups is 2. The van der Waals surface area contributed by atoms with Crippen molar-refractivity contribution < 1.29 is 27.5 Å². The molecule has 1 aromatic heterocycles. The van der Waals surface area contributed by atoms with Gasteiger partial charge >= 0.3 is 47.6 Å². The molecule has 2 aromatic rings. The van der Waals surface area contributed by atoms with Gasteiger partial charge in [-0.1, -0.05) is 12.1 Å². The van der Waals surface area contributed by atoms with Crippen LogP contribution in [0.25, 0.3) is 0 Å². The molecular formula is C14H16N5NaO6S. The van der Waals surface area contributed by atoms with Gasteiger partial charge in [0, 0.05) is 0 Å². The topological polar surface area (TPSA) is 149 Å². The SMILES string of the molecule is COC(=O)c1ccccc1S(=O)(=O)NC(=O)Nc1nc(C)nc(OC)n1.[NaH]. The zero-order valence-corrected chi connectivity index (χ0v) is 14.8. The second-order valence-electron chi connectivity index (χ2n) is 4.74. The Morgan fingerprint density at radius 2 is 1.74 bits per heavy atom. The van der Waals surface area contributed by atoms with Crippen LogP contribution in [0.15, 0.2) is 29.2 Å². The summed E-state index contributed by atoms with van der Waals surface area (Å²) in [6.07, 6.45) is 0. The number of benzene rings is 1. The number of ether oxygens (including phenoxy) is 2. The van der Waals surface area contributed by atoms with Gasteiger partial charge < -0.3 is 9.47 Å². The van der Waals surface area contributed by atoms with Crippen molar-refractivity contribution >= 4 is 57.5 Å². The number of anilines is 1. The van der Waals surface area contributed by atoms with Crippen molar-refractivity contribution in [2.45, 2.75) is 11.8 Å². The molecule has 0 bridgehead atoms. The van der Waals surface area contributed by atoms with E-state index in [1.54, 1.807) is 4.72 Å². The van der Waals surface area contributed by atoms with Gasteiger partial charge in [0.05, 0.1) is 19.8 Å². The van der Waals surface area contributed by atoms with Crippen LogP contribution in [0.4, 0.5) is 10.7 Å². The van der Waals surface area contributed by atoms with Crippen molar-refractivity contribution in [3.63, 3.8) is 0 Å². The number of methoxy groups -OCH3 is 2. The summed E-state index contributed by atoms with van der Waals surface area (Å²) in [5.74, 6) is -0.807. The first kappa shape index (κ1) is 22.8. The number of nitrogens with one attached hydrogen (secondary N) is 2. The van der Waals surface area contributed by atoms with Crippen molar-refractivity contribution in [2.75, 3.05) is 19.5 Å². The van der Waals surface area contributed by atoms with Crippen LogP contribution < -0.4 is 14.8 Å². The fourth-order valence-electron chi connectivity index (χ4n) is 1.89. The Morgan fingerprint density at radius 3 is 2.37 bits per heavy atom. The summed E-state index contributed by atoms with van der Waals surface area (Å²) < 4.78 is 36.0. The van der Waals surface area contributed by atoms with Crippen LogP contribution >= 0.6 is 0 Å². The van der Waals surface area contributed by atoms with Crippen LogP contribution in [-0.2, 0) is 14.8 Å². The van der Waals surface area contributed by atoms with Gasteiger partial charge in [0.2, 0.25) is 5.95 Å². The number of hydrogen-bond donors (Lipinski definition) is 2. The second kappa shape index (κ2) is 9.60. The van der Waals surface area contributed by atoms with E-state index in [1.807, 2.05) is 0 Å². The van der Waals surface area contributed by atoms with Crippen molar-refractivity contribution in [1.29, 1.82) is 0 Å². The number of amides is 2. The fraction of sp³-hybridized carbons (Fsp3) is 0.214. The molecule has 11 nitrogen and oxygen atoms in total. The Labute approximate surface area is 177 Å². The van der Waals surface area contributed by atoms with Gasteiger partial charge in [0.1, 0.15) is 10.7 Å². The summed E-state index contributed by atoms with van der Waals surface area (Å²) in [6.45, 7) is 1.54. The molecule has 0 saturated carbocycles. The first-order valence-electron chi connectivity index (χ1n) is 7.04. The molecular weight excluding hydrogens is 389 g/mol. The monoisotopic (exact) mass is 405 g/mol. The summed E-state index contributed by atoms with van der Waals surface area (Å²) in [5.41, 5.74) is -0.215. The molecule has 1 heterocycles. The maximum atomic E-state index is 12.4. The van der Waals surface area contributed by atoms with Gasteiger partial charge in [-0.3, -0.25) is 5.32 Å². The van der Waals surface area contributed by atoms with Gasteiger partial charge in [-0.25, -0.2) is 22.7 Å². The third kappa shape index (κ3) is 5.85. The zero-order valence-electron chi connectivity index (χ0n) is 14.0. The van der Waals surface area contributed by atoms with E-state index in [9.17, 15) is 18.0 Å². The molecule has 0 atom stereocenters. The molecule has 27 heavy (non-hydrogen) atoms. The van der Waals surface area contributed by atoms with Crippen LogP contribution in [0.1, 0.15) is 16.2 Å². The number of nitrogens with zero attached hydrogens (tertiary/aromatic N) is 3. The maximum absolute atomic E-state index is 12.4. The average molecular weight is 405 g/mol. The van der Waals surface area contributed by atoms with Gasteiger partial charge in [-0.2, -0.15) is 15.0 Å². The molecule has 0 spiro atoms. The first-order chi connectivity index (χ1) is 12.3. The number of aryl methyl sites for hydroxylation is 1. The van der Waals surface area contributed by atoms with Crippen LogP contribution in [0.2, 0.25) is 0 Å². The number of esters is 1. The van der Waals surface area contributed by atoms with Crippen LogP contribution in [0, 0.1) is 6.92 Å². The molecule has 0 fully saturated rings. The molecule has 0 saturated heterocycles. The van der Waals surface area contributed by atoms with Crippen molar-refractivity contribution in [3.8, 4) is 6.01 Å². The molecule has 1 aromatic carbocycles. The Balaban J connectivity index is 0.00000364. The molecule has 140 valence electrons. The van der Waals surface area contributed by atoms with E-state index in [2.05, 4.69) is 25.0 Å². The van der Waals surface area contributed by atoms with E-state index < -0.39 is 26.9 Å². The minimum absolute atomic E-state index is 0. The molecule has 13 heteroatoms. The minimum atomic E-state index is -4.36. The van der Waals surface area contributed by atoms with E-state index in [0.29, 0.717) is 0 Å². The molecule has 2 N–H and O–H groups in total. The van der Waals surface area contributed by atoms with Gasteiger partial charge in [-0.15, -0.1) is 0 Å². The number of aromatic nitrogens is 3. The van der Waals surface area contributed by atoms with Crippen LogP contribution in [0.5, 0.6) is 6.01 Å². The van der Waals surface area contributed by atoms with Gasteiger partial charge in [-0.05, 0) is 19.1 Å². The van der Waals surface area contributed by atoms with Gasteiger partial charge in [0.15, 0.2) is 0 Å². The predicted octanol–water partition coefficient (Wildman–Crippen LogP) is -0.163. The van der Waals surface area contributed by atoms with E-state index in [-0.39, 0.29) is 52.9 Å². The van der Waals surface area contributed by atoms with Gasteiger partial charge in [0.25, 0.3) is 10.0 Å². The summed E-state index contributed by atoms with van der Waals surface area (Å²) in [5, 5.41) is 2.16. The summed E-state index contributed by atoms with van der Waals surface area (Å²) in [4.78, 5) is 34.7.